The molecule has 35 heavy (non-hydrogen) atoms. The van der Waals surface area contributed by atoms with Crippen LogP contribution in [0.1, 0.15) is 16.1 Å². The van der Waals surface area contributed by atoms with Gasteiger partial charge in [0.05, 0.1) is 22.8 Å². The number of aromatic nitrogens is 2. The van der Waals surface area contributed by atoms with Gasteiger partial charge in [-0.1, -0.05) is 30.3 Å². The minimum atomic E-state index is -0.477. The molecule has 0 unspecified atom stereocenters. The van der Waals surface area contributed by atoms with Crippen LogP contribution in [0.4, 0.5) is 4.39 Å². The van der Waals surface area contributed by atoms with Gasteiger partial charge in [0.25, 0.3) is 11.5 Å². The molecule has 0 atom stereocenters. The van der Waals surface area contributed by atoms with Gasteiger partial charge in [0.1, 0.15) is 11.6 Å². The molecule has 0 bridgehead atoms. The van der Waals surface area contributed by atoms with Crippen molar-refractivity contribution in [1.29, 1.82) is 0 Å². The van der Waals surface area contributed by atoms with Crippen molar-refractivity contribution in [1.82, 2.24) is 15.0 Å². The number of halogens is 1. The highest BCUT2D eigenvalue weighted by atomic mass is 32.2. The van der Waals surface area contributed by atoms with E-state index in [-0.39, 0.29) is 11.1 Å². The second-order valence-corrected chi connectivity index (χ2v) is 8.32. The number of nitrogens with one attached hydrogen (secondary N) is 1. The molecule has 0 saturated heterocycles. The van der Waals surface area contributed by atoms with Crippen LogP contribution in [-0.4, -0.2) is 21.7 Å². The van der Waals surface area contributed by atoms with Gasteiger partial charge in [-0.05, 0) is 72.4 Å². The van der Waals surface area contributed by atoms with E-state index in [4.69, 9.17) is 9.40 Å². The van der Waals surface area contributed by atoms with Crippen LogP contribution in [0.3, 0.4) is 0 Å². The van der Waals surface area contributed by atoms with Gasteiger partial charge >= 0.3 is 0 Å². The predicted octanol–water partition coefficient (Wildman–Crippen LogP) is 5.03. The van der Waals surface area contributed by atoms with Crippen molar-refractivity contribution >= 4 is 34.8 Å². The summed E-state index contributed by atoms with van der Waals surface area (Å²) in [7, 11) is 0. The standard InChI is InChI=1S/C26H17FN4O3S/c27-18-12-10-17(11-13-18)24(32)30-28-16-20-14-15-23(34-20)35-26-29-22-9-5-4-8-21(22)25(33)31(26)19-6-2-1-3-7-19/h1-16H,(H,30,32)/b28-16+. The molecule has 0 spiro atoms. The topological polar surface area (TPSA) is 89.5 Å². The Kier molecular flexibility index (Phi) is 6.23. The van der Waals surface area contributed by atoms with Gasteiger partial charge in [0, 0.05) is 5.56 Å². The van der Waals surface area contributed by atoms with Crippen LogP contribution in [0, 0.1) is 5.82 Å². The molecule has 2 heterocycles. The number of benzene rings is 3. The predicted molar refractivity (Wildman–Crippen MR) is 132 cm³/mol. The maximum Gasteiger partial charge on any atom is 0.271 e. The smallest absolute Gasteiger partial charge is 0.271 e. The number of carbonyl (C=O) groups is 1. The van der Waals surface area contributed by atoms with E-state index in [0.717, 1.165) is 0 Å². The number of fused-ring (bicyclic) bond motifs is 1. The highest BCUT2D eigenvalue weighted by Crippen LogP contribution is 2.29. The number of nitrogens with zero attached hydrogens (tertiary/aromatic N) is 3. The Hall–Kier alpha value is -4.50. The average molecular weight is 485 g/mol. The lowest BCUT2D eigenvalue weighted by atomic mass is 10.2. The number of hydrazone groups is 1. The number of hydrogen-bond acceptors (Lipinski definition) is 6. The van der Waals surface area contributed by atoms with E-state index in [2.05, 4.69) is 10.5 Å². The molecule has 0 radical (unpaired) electrons. The zero-order valence-corrected chi connectivity index (χ0v) is 18.9. The Bertz CT molecular complexity index is 1600. The van der Waals surface area contributed by atoms with Crippen LogP contribution < -0.4 is 11.0 Å². The van der Waals surface area contributed by atoms with E-state index in [1.54, 1.807) is 34.9 Å². The fourth-order valence-electron chi connectivity index (χ4n) is 3.35. The maximum atomic E-state index is 13.3. The number of para-hydroxylation sites is 2. The molecule has 5 aromatic rings. The Morgan fingerprint density at radius 1 is 0.971 bits per heavy atom. The molecule has 0 aliphatic carbocycles. The van der Waals surface area contributed by atoms with Crippen molar-refractivity contribution in [2.45, 2.75) is 10.2 Å². The summed E-state index contributed by atoms with van der Waals surface area (Å²) in [6.07, 6.45) is 1.35. The maximum absolute atomic E-state index is 13.3. The Morgan fingerprint density at radius 3 is 2.51 bits per heavy atom. The van der Waals surface area contributed by atoms with Crippen LogP contribution in [-0.2, 0) is 0 Å². The first-order valence-electron chi connectivity index (χ1n) is 10.5. The molecule has 0 saturated carbocycles. The first kappa shape index (κ1) is 22.3. The van der Waals surface area contributed by atoms with Crippen molar-refractivity contribution in [3.05, 3.63) is 118 Å². The monoisotopic (exact) mass is 484 g/mol. The minimum absolute atomic E-state index is 0.179. The second kappa shape index (κ2) is 9.78. The molecule has 7 nitrogen and oxygen atoms in total. The van der Waals surface area contributed by atoms with Gasteiger partial charge in [0.2, 0.25) is 0 Å². The molecule has 1 N–H and O–H groups in total. The second-order valence-electron chi connectivity index (χ2n) is 7.35. The van der Waals surface area contributed by atoms with Crippen LogP contribution in [0.2, 0.25) is 0 Å². The highest BCUT2D eigenvalue weighted by Gasteiger charge is 2.15. The summed E-state index contributed by atoms with van der Waals surface area (Å²) in [5.41, 5.74) is 3.74. The summed E-state index contributed by atoms with van der Waals surface area (Å²) in [4.78, 5) is 30.1. The van der Waals surface area contributed by atoms with Crippen molar-refractivity contribution in [2.75, 3.05) is 0 Å². The average Bonchev–Trinajstić information content (AvgIpc) is 3.32. The first-order chi connectivity index (χ1) is 17.1. The van der Waals surface area contributed by atoms with Crippen LogP contribution in [0.5, 0.6) is 0 Å². The summed E-state index contributed by atoms with van der Waals surface area (Å²) in [5, 5.41) is 5.34. The molecule has 0 aliphatic heterocycles. The van der Waals surface area contributed by atoms with Gasteiger partial charge in [-0.15, -0.1) is 0 Å². The van der Waals surface area contributed by atoms with E-state index in [1.165, 1.54) is 42.2 Å². The number of rotatable bonds is 6. The van der Waals surface area contributed by atoms with Crippen molar-refractivity contribution in [3.63, 3.8) is 0 Å². The number of hydrogen-bond donors (Lipinski definition) is 1. The molecular weight excluding hydrogens is 467 g/mol. The summed E-state index contributed by atoms with van der Waals surface area (Å²) < 4.78 is 20.3. The highest BCUT2D eigenvalue weighted by molar-refractivity contribution is 7.99. The number of amides is 1. The molecule has 172 valence electrons. The summed E-state index contributed by atoms with van der Waals surface area (Å²) in [6.45, 7) is 0. The molecular formula is C26H17FN4O3S. The van der Waals surface area contributed by atoms with Crippen LogP contribution >= 0.6 is 11.8 Å². The van der Waals surface area contributed by atoms with Crippen LogP contribution in [0.25, 0.3) is 16.6 Å². The first-order valence-corrected chi connectivity index (χ1v) is 11.3. The summed E-state index contributed by atoms with van der Waals surface area (Å²) in [5.74, 6) is -0.514. The van der Waals surface area contributed by atoms with E-state index >= 15 is 0 Å². The normalized spacial score (nSPS) is 11.2. The molecule has 0 aliphatic rings. The van der Waals surface area contributed by atoms with Crippen LogP contribution in [0.15, 0.2) is 116 Å². The van der Waals surface area contributed by atoms with Crippen molar-refractivity contribution in [2.24, 2.45) is 5.10 Å². The Balaban J connectivity index is 1.39. The molecule has 5 rings (SSSR count). The van der Waals surface area contributed by atoms with Gasteiger partial charge in [-0.2, -0.15) is 5.10 Å². The van der Waals surface area contributed by atoms with Crippen molar-refractivity contribution in [3.8, 4) is 5.69 Å². The Morgan fingerprint density at radius 2 is 1.71 bits per heavy atom. The minimum Gasteiger partial charge on any atom is -0.448 e. The molecule has 2 aromatic heterocycles. The molecule has 3 aromatic carbocycles. The summed E-state index contributed by atoms with van der Waals surface area (Å²) >= 11 is 1.20. The molecule has 9 heteroatoms. The fraction of sp³-hybridized carbons (Fsp3) is 0. The molecule has 0 fully saturated rings. The lowest BCUT2D eigenvalue weighted by molar-refractivity contribution is 0.0955. The SMILES string of the molecule is O=C(N/N=C/c1ccc(Sc2nc3ccccc3c(=O)n2-c2ccccc2)o1)c1ccc(F)cc1. The van der Waals surface area contributed by atoms with Gasteiger partial charge in [-0.25, -0.2) is 14.8 Å². The molecule has 1 amide bonds. The van der Waals surface area contributed by atoms with Crippen molar-refractivity contribution < 1.29 is 13.6 Å². The number of carbonyl (C=O) groups excluding carboxylic acids is 1. The Labute approximate surface area is 202 Å². The van der Waals surface area contributed by atoms with E-state index in [0.29, 0.717) is 32.6 Å². The third-order valence-electron chi connectivity index (χ3n) is 5.02. The number of furan rings is 1. The van der Waals surface area contributed by atoms with E-state index in [9.17, 15) is 14.0 Å². The lowest BCUT2D eigenvalue weighted by Gasteiger charge is -2.12. The summed E-state index contributed by atoms with van der Waals surface area (Å²) in [6, 6.07) is 25.0. The fourth-order valence-corrected chi connectivity index (χ4v) is 4.23. The largest absolute Gasteiger partial charge is 0.448 e. The van der Waals surface area contributed by atoms with E-state index in [1.807, 2.05) is 36.4 Å². The zero-order chi connectivity index (χ0) is 24.2. The third-order valence-corrected chi connectivity index (χ3v) is 5.89. The lowest BCUT2D eigenvalue weighted by Crippen LogP contribution is -2.21. The van der Waals surface area contributed by atoms with Gasteiger partial charge in [-0.3, -0.25) is 14.2 Å². The van der Waals surface area contributed by atoms with E-state index < -0.39 is 11.7 Å². The van der Waals surface area contributed by atoms with Gasteiger partial charge < -0.3 is 4.42 Å². The van der Waals surface area contributed by atoms with Gasteiger partial charge in [0.15, 0.2) is 10.2 Å². The zero-order valence-electron chi connectivity index (χ0n) is 18.1. The third kappa shape index (κ3) is 4.90. The quantitative estimate of drug-likeness (QED) is 0.207.